The van der Waals surface area contributed by atoms with Gasteiger partial charge in [-0.1, -0.05) is 43.2 Å². The van der Waals surface area contributed by atoms with Gasteiger partial charge in [-0.25, -0.2) is 4.79 Å². The van der Waals surface area contributed by atoms with Crippen molar-refractivity contribution < 1.29 is 14.7 Å². The van der Waals surface area contributed by atoms with Crippen LogP contribution in [-0.4, -0.2) is 28.0 Å². The number of benzene rings is 1. The second-order valence-corrected chi connectivity index (χ2v) is 5.48. The lowest BCUT2D eigenvalue weighted by Crippen LogP contribution is -2.40. The number of carboxylic acids is 1. The molecule has 1 aromatic carbocycles. The normalized spacial score (nSPS) is 11.7. The van der Waals surface area contributed by atoms with E-state index in [1.807, 2.05) is 38.1 Å². The molecule has 2 rings (SSSR count). The molecular formula is C18H20N2O3. The molecule has 0 aliphatic rings. The highest BCUT2D eigenvalue weighted by Gasteiger charge is 2.20. The number of nitrogens with one attached hydrogen (secondary N) is 1. The molecule has 23 heavy (non-hydrogen) atoms. The summed E-state index contributed by atoms with van der Waals surface area (Å²) in [6.45, 7) is 3.87. The molecule has 5 nitrogen and oxygen atoms in total. The van der Waals surface area contributed by atoms with Crippen molar-refractivity contribution in [3.05, 3.63) is 53.9 Å². The van der Waals surface area contributed by atoms with Gasteiger partial charge >= 0.3 is 5.97 Å². The van der Waals surface area contributed by atoms with Gasteiger partial charge in [0.15, 0.2) is 0 Å². The summed E-state index contributed by atoms with van der Waals surface area (Å²) in [5, 5.41) is 11.7. The van der Waals surface area contributed by atoms with Crippen LogP contribution >= 0.6 is 0 Å². The van der Waals surface area contributed by atoms with E-state index in [1.54, 1.807) is 12.3 Å². The van der Waals surface area contributed by atoms with Crippen LogP contribution in [0.15, 0.2) is 42.7 Å². The molecule has 120 valence electrons. The first-order valence-corrected chi connectivity index (χ1v) is 7.57. The molecule has 1 atom stereocenters. The van der Waals surface area contributed by atoms with Gasteiger partial charge in [-0.3, -0.25) is 9.78 Å². The van der Waals surface area contributed by atoms with Crippen molar-refractivity contribution in [2.24, 2.45) is 0 Å². The zero-order valence-electron chi connectivity index (χ0n) is 13.2. The number of amides is 1. The second kappa shape index (κ2) is 7.54. The summed E-state index contributed by atoms with van der Waals surface area (Å²) in [5.41, 5.74) is 3.26. The van der Waals surface area contributed by atoms with Gasteiger partial charge < -0.3 is 10.4 Å². The van der Waals surface area contributed by atoms with Crippen LogP contribution in [-0.2, 0) is 4.79 Å². The minimum Gasteiger partial charge on any atom is -0.480 e. The maximum Gasteiger partial charge on any atom is 0.326 e. The number of carboxylic acid groups (broad SMARTS) is 1. The Bertz CT molecular complexity index is 713. The highest BCUT2D eigenvalue weighted by molar-refractivity contribution is 5.97. The monoisotopic (exact) mass is 312 g/mol. The number of aryl methyl sites for hydroxylation is 1. The van der Waals surface area contributed by atoms with E-state index in [0.29, 0.717) is 18.4 Å². The SMILES string of the molecule is CCCC(NC(=O)c1cncc(-c2cccc(C)c2)c1)C(=O)O. The number of carbonyl (C=O) groups excluding carboxylic acids is 1. The fourth-order valence-corrected chi connectivity index (χ4v) is 2.33. The third-order valence-corrected chi connectivity index (χ3v) is 3.53. The Labute approximate surface area is 135 Å². The van der Waals surface area contributed by atoms with Gasteiger partial charge in [0.25, 0.3) is 5.91 Å². The first-order valence-electron chi connectivity index (χ1n) is 7.57. The average Bonchev–Trinajstić information content (AvgIpc) is 2.54. The summed E-state index contributed by atoms with van der Waals surface area (Å²) in [6, 6.07) is 8.74. The van der Waals surface area contributed by atoms with Gasteiger partial charge in [0, 0.05) is 18.0 Å². The Balaban J connectivity index is 2.22. The van der Waals surface area contributed by atoms with Crippen molar-refractivity contribution in [3.8, 4) is 11.1 Å². The van der Waals surface area contributed by atoms with E-state index in [0.717, 1.165) is 16.7 Å². The maximum absolute atomic E-state index is 12.3. The number of carbonyl (C=O) groups is 2. The molecule has 1 unspecified atom stereocenters. The molecule has 0 aliphatic heterocycles. The van der Waals surface area contributed by atoms with E-state index in [2.05, 4.69) is 10.3 Å². The first-order chi connectivity index (χ1) is 11.0. The minimum atomic E-state index is -1.03. The number of nitrogens with zero attached hydrogens (tertiary/aromatic N) is 1. The molecular weight excluding hydrogens is 292 g/mol. The first kappa shape index (κ1) is 16.7. The van der Waals surface area contributed by atoms with Crippen molar-refractivity contribution in [2.75, 3.05) is 0 Å². The molecule has 5 heteroatoms. The summed E-state index contributed by atoms with van der Waals surface area (Å²) in [5.74, 6) is -1.45. The molecule has 0 bridgehead atoms. The van der Waals surface area contributed by atoms with Crippen LogP contribution in [0.3, 0.4) is 0 Å². The maximum atomic E-state index is 12.3. The molecule has 1 amide bonds. The van der Waals surface area contributed by atoms with Gasteiger partial charge in [0.05, 0.1) is 5.56 Å². The fourth-order valence-electron chi connectivity index (χ4n) is 2.33. The van der Waals surface area contributed by atoms with Crippen LogP contribution in [0.4, 0.5) is 0 Å². The van der Waals surface area contributed by atoms with E-state index >= 15 is 0 Å². The van der Waals surface area contributed by atoms with E-state index in [9.17, 15) is 9.59 Å². The standard InChI is InChI=1S/C18H20N2O3/c1-3-5-16(18(22)23)20-17(21)15-9-14(10-19-11-15)13-7-4-6-12(2)8-13/h4,6-11,16H,3,5H2,1-2H3,(H,20,21)(H,22,23). The van der Waals surface area contributed by atoms with Crippen LogP contribution in [0.2, 0.25) is 0 Å². The van der Waals surface area contributed by atoms with E-state index < -0.39 is 17.9 Å². The molecule has 0 radical (unpaired) electrons. The highest BCUT2D eigenvalue weighted by atomic mass is 16.4. The van der Waals surface area contributed by atoms with E-state index in [1.165, 1.54) is 6.20 Å². The minimum absolute atomic E-state index is 0.353. The topological polar surface area (TPSA) is 79.3 Å². The molecule has 0 saturated carbocycles. The van der Waals surface area contributed by atoms with Crippen molar-refractivity contribution in [1.82, 2.24) is 10.3 Å². The molecule has 1 aromatic heterocycles. The molecule has 0 spiro atoms. The molecule has 0 saturated heterocycles. The smallest absolute Gasteiger partial charge is 0.326 e. The quantitative estimate of drug-likeness (QED) is 0.859. The molecule has 0 fully saturated rings. The van der Waals surface area contributed by atoms with Gasteiger partial charge in [0.1, 0.15) is 6.04 Å². The van der Waals surface area contributed by atoms with Crippen LogP contribution in [0.25, 0.3) is 11.1 Å². The van der Waals surface area contributed by atoms with Crippen molar-refractivity contribution in [1.29, 1.82) is 0 Å². The lowest BCUT2D eigenvalue weighted by atomic mass is 10.0. The van der Waals surface area contributed by atoms with Crippen molar-refractivity contribution in [2.45, 2.75) is 32.7 Å². The lowest BCUT2D eigenvalue weighted by molar-refractivity contribution is -0.139. The average molecular weight is 312 g/mol. The summed E-state index contributed by atoms with van der Waals surface area (Å²) in [4.78, 5) is 27.5. The Hall–Kier alpha value is -2.69. The third kappa shape index (κ3) is 4.39. The second-order valence-electron chi connectivity index (χ2n) is 5.48. The summed E-state index contributed by atoms with van der Waals surface area (Å²) in [7, 11) is 0. The van der Waals surface area contributed by atoms with E-state index in [4.69, 9.17) is 5.11 Å². The number of pyridine rings is 1. The number of aromatic nitrogens is 1. The largest absolute Gasteiger partial charge is 0.480 e. The number of aliphatic carboxylic acids is 1. The van der Waals surface area contributed by atoms with Crippen LogP contribution in [0.5, 0.6) is 0 Å². The molecule has 2 N–H and O–H groups in total. The van der Waals surface area contributed by atoms with Gasteiger partial charge in [-0.2, -0.15) is 0 Å². The van der Waals surface area contributed by atoms with Crippen molar-refractivity contribution >= 4 is 11.9 Å². The zero-order valence-corrected chi connectivity index (χ0v) is 13.2. The third-order valence-electron chi connectivity index (χ3n) is 3.53. The Kier molecular flexibility index (Phi) is 5.46. The van der Waals surface area contributed by atoms with E-state index in [-0.39, 0.29) is 0 Å². The van der Waals surface area contributed by atoms with Gasteiger partial charge in [-0.15, -0.1) is 0 Å². The van der Waals surface area contributed by atoms with Crippen LogP contribution in [0, 0.1) is 6.92 Å². The Morgan fingerprint density at radius 2 is 2.00 bits per heavy atom. The van der Waals surface area contributed by atoms with Crippen molar-refractivity contribution in [3.63, 3.8) is 0 Å². The summed E-state index contributed by atoms with van der Waals surface area (Å²) >= 11 is 0. The summed E-state index contributed by atoms with van der Waals surface area (Å²) < 4.78 is 0. The fraction of sp³-hybridized carbons (Fsp3) is 0.278. The van der Waals surface area contributed by atoms with Crippen LogP contribution in [0.1, 0.15) is 35.7 Å². The Morgan fingerprint density at radius 1 is 1.22 bits per heavy atom. The van der Waals surface area contributed by atoms with Gasteiger partial charge in [-0.05, 0) is 25.0 Å². The highest BCUT2D eigenvalue weighted by Crippen LogP contribution is 2.20. The number of hydrogen-bond donors (Lipinski definition) is 2. The predicted molar refractivity (Wildman–Crippen MR) is 88.2 cm³/mol. The van der Waals surface area contributed by atoms with Crippen LogP contribution < -0.4 is 5.32 Å². The summed E-state index contributed by atoms with van der Waals surface area (Å²) in [6.07, 6.45) is 4.21. The molecule has 1 heterocycles. The lowest BCUT2D eigenvalue weighted by Gasteiger charge is -2.13. The Morgan fingerprint density at radius 3 is 2.65 bits per heavy atom. The molecule has 2 aromatic rings. The molecule has 0 aliphatic carbocycles. The number of hydrogen-bond acceptors (Lipinski definition) is 3. The predicted octanol–water partition coefficient (Wildman–Crippen LogP) is 3.04. The number of rotatable bonds is 6. The van der Waals surface area contributed by atoms with Gasteiger partial charge in [0.2, 0.25) is 0 Å². The zero-order chi connectivity index (χ0) is 16.8.